The van der Waals surface area contributed by atoms with E-state index >= 15 is 0 Å². The van der Waals surface area contributed by atoms with Gasteiger partial charge in [0.25, 0.3) is 0 Å². The molecule has 6 N–H and O–H groups in total. The van der Waals surface area contributed by atoms with Crippen LogP contribution in [0.25, 0.3) is 0 Å². The average Bonchev–Trinajstić information content (AvgIpc) is 2.53. The highest BCUT2D eigenvalue weighted by Gasteiger charge is 2.29. The Morgan fingerprint density at radius 1 is 0.909 bits per heavy atom. The van der Waals surface area contributed by atoms with Crippen LogP contribution in [0.2, 0.25) is 0 Å². The first-order chi connectivity index (χ1) is 10.4. The quantitative estimate of drug-likeness (QED) is 0.249. The van der Waals surface area contributed by atoms with Crippen molar-refractivity contribution in [2.45, 2.75) is 76.3 Å². The number of aliphatic hydroxyl groups excluding tert-OH is 5. The van der Waals surface area contributed by atoms with Crippen LogP contribution in [0.3, 0.4) is 0 Å². The second-order valence-electron chi connectivity index (χ2n) is 5.62. The molecule has 1 amide bonds. The average molecular weight is 321 g/mol. The normalized spacial score (nSPS) is 16.8. The van der Waals surface area contributed by atoms with Gasteiger partial charge in [-0.25, -0.2) is 0 Å². The molecule has 22 heavy (non-hydrogen) atoms. The first-order valence-corrected chi connectivity index (χ1v) is 8.03. The number of hydrogen-bond acceptors (Lipinski definition) is 6. The molecule has 132 valence electrons. The number of carbonyl (C=O) groups excluding carboxylic acids is 1. The lowest BCUT2D eigenvalue weighted by molar-refractivity contribution is -0.126. The predicted molar refractivity (Wildman–Crippen MR) is 82.1 cm³/mol. The van der Waals surface area contributed by atoms with E-state index in [1.807, 2.05) is 0 Å². The molecule has 0 aliphatic rings. The molecule has 0 unspecified atom stereocenters. The molecule has 0 aliphatic carbocycles. The van der Waals surface area contributed by atoms with Crippen LogP contribution in [-0.4, -0.2) is 69.0 Å². The van der Waals surface area contributed by atoms with Crippen molar-refractivity contribution in [3.8, 4) is 0 Å². The molecular weight excluding hydrogens is 290 g/mol. The Bertz CT molecular complexity index is 289. The Morgan fingerprint density at radius 3 is 2.05 bits per heavy atom. The van der Waals surface area contributed by atoms with Gasteiger partial charge in [-0.05, 0) is 6.42 Å². The Kier molecular flexibility index (Phi) is 12.4. The molecule has 0 bridgehead atoms. The third-order valence-electron chi connectivity index (χ3n) is 3.59. The molecule has 0 rings (SSSR count). The molecule has 0 aliphatic heterocycles. The van der Waals surface area contributed by atoms with Gasteiger partial charge in [-0.2, -0.15) is 0 Å². The van der Waals surface area contributed by atoms with Crippen LogP contribution >= 0.6 is 0 Å². The molecule has 0 saturated carbocycles. The van der Waals surface area contributed by atoms with Crippen LogP contribution in [-0.2, 0) is 4.79 Å². The zero-order valence-corrected chi connectivity index (χ0v) is 13.3. The minimum absolute atomic E-state index is 0.217. The number of hydrogen-bond donors (Lipinski definition) is 6. The van der Waals surface area contributed by atoms with E-state index in [1.165, 1.54) is 19.3 Å². The number of aliphatic hydroxyl groups is 5. The lowest BCUT2D eigenvalue weighted by Gasteiger charge is -2.25. The molecule has 0 aromatic rings. The summed E-state index contributed by atoms with van der Waals surface area (Å²) in [5, 5.41) is 48.9. The molecular formula is C15H31NO6. The number of rotatable bonds is 13. The van der Waals surface area contributed by atoms with E-state index in [-0.39, 0.29) is 12.5 Å². The van der Waals surface area contributed by atoms with Crippen molar-refractivity contribution >= 4 is 5.91 Å². The van der Waals surface area contributed by atoms with Gasteiger partial charge in [0.15, 0.2) is 0 Å². The summed E-state index contributed by atoms with van der Waals surface area (Å²) in [5.41, 5.74) is 0. The molecule has 0 heterocycles. The van der Waals surface area contributed by atoms with Crippen LogP contribution < -0.4 is 5.32 Å². The Balaban J connectivity index is 3.80. The van der Waals surface area contributed by atoms with Crippen molar-refractivity contribution in [1.82, 2.24) is 5.32 Å². The van der Waals surface area contributed by atoms with E-state index in [4.69, 9.17) is 10.2 Å². The molecule has 0 radical (unpaired) electrons. The van der Waals surface area contributed by atoms with E-state index in [0.717, 1.165) is 19.3 Å². The number of carbonyl (C=O) groups is 1. The summed E-state index contributed by atoms with van der Waals surface area (Å²) in [4.78, 5) is 11.6. The summed E-state index contributed by atoms with van der Waals surface area (Å²) < 4.78 is 0. The molecule has 4 atom stereocenters. The summed E-state index contributed by atoms with van der Waals surface area (Å²) in [6.07, 6.45) is 0.522. The van der Waals surface area contributed by atoms with Gasteiger partial charge in [-0.15, -0.1) is 0 Å². The lowest BCUT2D eigenvalue weighted by atomic mass is 10.0. The van der Waals surface area contributed by atoms with Gasteiger partial charge in [0.2, 0.25) is 5.91 Å². The van der Waals surface area contributed by atoms with Crippen molar-refractivity contribution in [2.24, 2.45) is 0 Å². The summed E-state index contributed by atoms with van der Waals surface area (Å²) in [6.45, 7) is 1.20. The maximum absolute atomic E-state index is 11.6. The summed E-state index contributed by atoms with van der Waals surface area (Å²) >= 11 is 0. The molecule has 7 nitrogen and oxygen atoms in total. The summed E-state index contributed by atoms with van der Waals surface area (Å²) in [5.74, 6) is -0.223. The largest absolute Gasteiger partial charge is 0.394 e. The first-order valence-electron chi connectivity index (χ1n) is 8.03. The summed E-state index contributed by atoms with van der Waals surface area (Å²) in [6, 6.07) is 0. The lowest BCUT2D eigenvalue weighted by Crippen LogP contribution is -2.49. The molecule has 0 fully saturated rings. The highest BCUT2D eigenvalue weighted by molar-refractivity contribution is 5.75. The first kappa shape index (κ1) is 21.3. The van der Waals surface area contributed by atoms with E-state index < -0.39 is 31.0 Å². The van der Waals surface area contributed by atoms with Crippen molar-refractivity contribution < 1.29 is 30.3 Å². The van der Waals surface area contributed by atoms with Gasteiger partial charge in [0.1, 0.15) is 18.3 Å². The van der Waals surface area contributed by atoms with E-state index in [1.54, 1.807) is 0 Å². The van der Waals surface area contributed by atoms with Crippen molar-refractivity contribution in [2.75, 3.05) is 13.2 Å². The zero-order valence-electron chi connectivity index (χ0n) is 13.3. The number of amides is 1. The standard InChI is InChI=1S/C15H31NO6/c1-2-3-4-5-6-7-8-13(20)16-9-11(18)14(21)15(22)12(19)10-17/h11-12,14-15,17-19,21-22H,2-10H2,1H3,(H,16,20)/t11-,12+,14+,15+/m0/s1. The Morgan fingerprint density at radius 2 is 1.45 bits per heavy atom. The van der Waals surface area contributed by atoms with E-state index in [2.05, 4.69) is 12.2 Å². The molecule has 7 heteroatoms. The second-order valence-corrected chi connectivity index (χ2v) is 5.62. The molecule has 0 spiro atoms. The Labute approximate surface area is 132 Å². The van der Waals surface area contributed by atoms with Gasteiger partial charge in [0, 0.05) is 13.0 Å². The predicted octanol–water partition coefficient (Wildman–Crippen LogP) is -0.711. The van der Waals surface area contributed by atoms with Crippen LogP contribution in [0.15, 0.2) is 0 Å². The van der Waals surface area contributed by atoms with E-state index in [0.29, 0.717) is 6.42 Å². The van der Waals surface area contributed by atoms with Gasteiger partial charge < -0.3 is 30.8 Å². The molecule has 0 aromatic heterocycles. The fourth-order valence-electron chi connectivity index (χ4n) is 2.06. The molecule has 0 saturated heterocycles. The maximum Gasteiger partial charge on any atom is 0.220 e. The smallest absolute Gasteiger partial charge is 0.220 e. The van der Waals surface area contributed by atoms with E-state index in [9.17, 15) is 20.1 Å². The highest BCUT2D eigenvalue weighted by Crippen LogP contribution is 2.07. The van der Waals surface area contributed by atoms with Crippen LogP contribution in [0.5, 0.6) is 0 Å². The topological polar surface area (TPSA) is 130 Å². The van der Waals surface area contributed by atoms with Gasteiger partial charge in [-0.3, -0.25) is 4.79 Å². The Hall–Kier alpha value is -0.730. The minimum Gasteiger partial charge on any atom is -0.394 e. The second kappa shape index (κ2) is 12.8. The zero-order chi connectivity index (χ0) is 17.0. The highest BCUT2D eigenvalue weighted by atomic mass is 16.4. The van der Waals surface area contributed by atoms with Crippen molar-refractivity contribution in [3.05, 3.63) is 0 Å². The van der Waals surface area contributed by atoms with Crippen molar-refractivity contribution in [1.29, 1.82) is 0 Å². The third kappa shape index (κ3) is 9.32. The number of nitrogens with one attached hydrogen (secondary N) is 1. The maximum atomic E-state index is 11.6. The SMILES string of the molecule is CCCCCCCCC(=O)NC[C@H](O)[C@@H](O)[C@H](O)[C@H](O)CO. The third-order valence-corrected chi connectivity index (χ3v) is 3.59. The van der Waals surface area contributed by atoms with Crippen molar-refractivity contribution in [3.63, 3.8) is 0 Å². The van der Waals surface area contributed by atoms with Gasteiger partial charge >= 0.3 is 0 Å². The summed E-state index contributed by atoms with van der Waals surface area (Å²) in [7, 11) is 0. The fraction of sp³-hybridized carbons (Fsp3) is 0.933. The van der Waals surface area contributed by atoms with Crippen LogP contribution in [0.4, 0.5) is 0 Å². The van der Waals surface area contributed by atoms with Gasteiger partial charge in [0.05, 0.1) is 12.7 Å². The monoisotopic (exact) mass is 321 g/mol. The van der Waals surface area contributed by atoms with Crippen LogP contribution in [0.1, 0.15) is 51.9 Å². The fourth-order valence-corrected chi connectivity index (χ4v) is 2.06. The minimum atomic E-state index is -1.67. The van der Waals surface area contributed by atoms with Gasteiger partial charge in [-0.1, -0.05) is 39.0 Å². The number of unbranched alkanes of at least 4 members (excludes halogenated alkanes) is 5. The van der Waals surface area contributed by atoms with Crippen LogP contribution in [0, 0.1) is 0 Å². The molecule has 0 aromatic carbocycles.